The van der Waals surface area contributed by atoms with Gasteiger partial charge in [0.05, 0.1) is 52.8 Å². The van der Waals surface area contributed by atoms with E-state index in [1.165, 1.54) is 6.92 Å². The van der Waals surface area contributed by atoms with Gasteiger partial charge in [-0.1, -0.05) is 44.2 Å². The lowest BCUT2D eigenvalue weighted by atomic mass is 9.87. The molecule has 10 nitrogen and oxygen atoms in total. The number of Topliss-reactive ketones (excluding diaryl/α,β-unsaturated/α-hetero) is 2. The zero-order valence-electron chi connectivity index (χ0n) is 35.1. The number of halogens is 2. The number of nitrogens with zero attached hydrogens (tertiary/aromatic N) is 1. The summed E-state index contributed by atoms with van der Waals surface area (Å²) in [6.45, 7) is 12.7. The fraction of sp³-hybridized carbons (Fsp3) is 0.565. The van der Waals surface area contributed by atoms with E-state index in [9.17, 15) is 23.2 Å². The SMILES string of the molecule is CC(=O)C[C@H](CC(=O)CNC(=O)CCCCc1cc(C)ccn1)c1ccc(-c2ccc(OCCOCCOCCOCCOCCC(C)C)cc2CC(C)(F)F)cc1. The van der Waals surface area contributed by atoms with Crippen LogP contribution in [0, 0.1) is 12.8 Å². The van der Waals surface area contributed by atoms with Gasteiger partial charge in [-0.15, -0.1) is 0 Å². The average Bonchev–Trinajstić information content (AvgIpc) is 3.16. The first-order valence-electron chi connectivity index (χ1n) is 20.5. The van der Waals surface area contributed by atoms with Crippen LogP contribution in [0.4, 0.5) is 8.78 Å². The molecule has 1 amide bonds. The number of benzene rings is 2. The number of nitrogens with one attached hydrogen (secondary N) is 1. The minimum absolute atomic E-state index is 0.0639. The third-order valence-electron chi connectivity index (χ3n) is 9.27. The Balaban J connectivity index is 1.45. The van der Waals surface area contributed by atoms with Crippen molar-refractivity contribution in [2.24, 2.45) is 5.92 Å². The van der Waals surface area contributed by atoms with Crippen LogP contribution < -0.4 is 10.1 Å². The van der Waals surface area contributed by atoms with Gasteiger partial charge in [-0.25, -0.2) is 8.78 Å². The van der Waals surface area contributed by atoms with Crippen LogP contribution >= 0.6 is 0 Å². The van der Waals surface area contributed by atoms with E-state index in [0.29, 0.717) is 81.9 Å². The van der Waals surface area contributed by atoms with Gasteiger partial charge in [-0.05, 0) is 110 Å². The third kappa shape index (κ3) is 21.1. The van der Waals surface area contributed by atoms with Crippen LogP contribution in [0.1, 0.15) is 94.5 Å². The van der Waals surface area contributed by atoms with E-state index in [0.717, 1.165) is 55.2 Å². The number of hydrogen-bond acceptors (Lipinski definition) is 9. The molecule has 0 bridgehead atoms. The molecule has 320 valence electrons. The minimum Gasteiger partial charge on any atom is -0.491 e. The molecule has 1 N–H and O–H groups in total. The van der Waals surface area contributed by atoms with Crippen molar-refractivity contribution in [3.63, 3.8) is 0 Å². The third-order valence-corrected chi connectivity index (χ3v) is 9.27. The molecular formula is C46H64F2N2O8. The lowest BCUT2D eigenvalue weighted by molar-refractivity contribution is -0.125. The molecule has 0 aliphatic rings. The summed E-state index contributed by atoms with van der Waals surface area (Å²) in [5.41, 5.74) is 4.70. The number of ether oxygens (including phenoxy) is 5. The van der Waals surface area contributed by atoms with Gasteiger partial charge < -0.3 is 33.8 Å². The topological polar surface area (TPSA) is 122 Å². The van der Waals surface area contributed by atoms with Crippen LogP contribution in [0.15, 0.2) is 60.8 Å². The van der Waals surface area contributed by atoms with E-state index in [4.69, 9.17) is 23.7 Å². The molecule has 2 aromatic carbocycles. The summed E-state index contributed by atoms with van der Waals surface area (Å²) in [7, 11) is 0. The number of unbranched alkanes of at least 4 members (excludes halogenated alkanes) is 1. The number of carbonyl (C=O) groups is 3. The Bertz CT molecular complexity index is 1660. The summed E-state index contributed by atoms with van der Waals surface area (Å²) in [6.07, 6.45) is 5.17. The monoisotopic (exact) mass is 810 g/mol. The number of ketones is 2. The van der Waals surface area contributed by atoms with E-state index in [2.05, 4.69) is 24.1 Å². The molecule has 0 aliphatic heterocycles. The second-order valence-corrected chi connectivity index (χ2v) is 15.3. The van der Waals surface area contributed by atoms with Gasteiger partial charge in [0.15, 0.2) is 5.78 Å². The van der Waals surface area contributed by atoms with Gasteiger partial charge in [0.1, 0.15) is 18.1 Å². The van der Waals surface area contributed by atoms with Gasteiger partial charge in [0, 0.05) is 44.2 Å². The first-order chi connectivity index (χ1) is 27.8. The summed E-state index contributed by atoms with van der Waals surface area (Å²) in [5.74, 6) is -2.69. The largest absolute Gasteiger partial charge is 0.491 e. The molecule has 0 spiro atoms. The zero-order chi connectivity index (χ0) is 42.2. The van der Waals surface area contributed by atoms with Crippen LogP contribution in [0.3, 0.4) is 0 Å². The van der Waals surface area contributed by atoms with E-state index in [1.54, 1.807) is 24.4 Å². The Labute approximate surface area is 343 Å². The molecule has 12 heteroatoms. The maximum atomic E-state index is 14.3. The van der Waals surface area contributed by atoms with Crippen LogP contribution in [-0.2, 0) is 46.2 Å². The Morgan fingerprint density at radius 1 is 0.793 bits per heavy atom. The van der Waals surface area contributed by atoms with Crippen molar-refractivity contribution in [2.75, 3.05) is 66.0 Å². The molecule has 0 saturated carbocycles. The lowest BCUT2D eigenvalue weighted by Crippen LogP contribution is -2.30. The lowest BCUT2D eigenvalue weighted by Gasteiger charge is -2.18. The highest BCUT2D eigenvalue weighted by Crippen LogP contribution is 2.33. The van der Waals surface area contributed by atoms with Crippen molar-refractivity contribution in [1.29, 1.82) is 0 Å². The number of alkyl halides is 2. The summed E-state index contributed by atoms with van der Waals surface area (Å²) < 4.78 is 56.7. The molecule has 1 aromatic heterocycles. The summed E-state index contributed by atoms with van der Waals surface area (Å²) in [5, 5.41) is 2.72. The Morgan fingerprint density at radius 3 is 2.03 bits per heavy atom. The second-order valence-electron chi connectivity index (χ2n) is 15.3. The highest BCUT2D eigenvalue weighted by Gasteiger charge is 2.25. The smallest absolute Gasteiger partial charge is 0.249 e. The van der Waals surface area contributed by atoms with Gasteiger partial charge in [0.2, 0.25) is 11.8 Å². The molecule has 3 aromatic rings. The first-order valence-corrected chi connectivity index (χ1v) is 20.5. The number of aryl methyl sites for hydroxylation is 2. The van der Waals surface area contributed by atoms with Gasteiger partial charge >= 0.3 is 0 Å². The van der Waals surface area contributed by atoms with Crippen molar-refractivity contribution >= 4 is 17.5 Å². The first kappa shape index (κ1) is 48.3. The molecule has 0 aliphatic carbocycles. The van der Waals surface area contributed by atoms with Crippen LogP contribution in [0.25, 0.3) is 11.1 Å². The zero-order valence-corrected chi connectivity index (χ0v) is 35.1. The number of pyridine rings is 1. The molecule has 0 fully saturated rings. The van der Waals surface area contributed by atoms with Gasteiger partial charge in [-0.2, -0.15) is 0 Å². The summed E-state index contributed by atoms with van der Waals surface area (Å²) in [4.78, 5) is 41.9. The summed E-state index contributed by atoms with van der Waals surface area (Å²) in [6, 6.07) is 16.4. The molecule has 1 atom stereocenters. The highest BCUT2D eigenvalue weighted by molar-refractivity contribution is 5.87. The fourth-order valence-corrected chi connectivity index (χ4v) is 6.27. The molecule has 0 saturated heterocycles. The predicted molar refractivity (Wildman–Crippen MR) is 222 cm³/mol. The standard InChI is InChI=1S/C46H64F2N2O8/c1-34(2)17-19-54-20-21-55-22-23-56-24-25-57-26-27-58-43-14-15-44(40(31-43)32-46(5,47)48)38-12-10-37(11-13-38)39(29-36(4)51)30-42(52)33-50-45(53)9-7-6-8-41-28-35(3)16-18-49-41/h10-16,18,28,31,34,39H,6-9,17,19-27,29-30,32-33H2,1-5H3,(H,50,53)/t39-/m1/s1. The van der Waals surface area contributed by atoms with Crippen LogP contribution in [0.2, 0.25) is 0 Å². The van der Waals surface area contributed by atoms with Crippen molar-refractivity contribution in [1.82, 2.24) is 10.3 Å². The predicted octanol–water partition coefficient (Wildman–Crippen LogP) is 8.30. The molecule has 3 rings (SSSR count). The number of amides is 1. The van der Waals surface area contributed by atoms with E-state index >= 15 is 0 Å². The molecule has 0 unspecified atom stereocenters. The average molecular weight is 811 g/mol. The second kappa shape index (κ2) is 26.8. The number of hydrogen-bond donors (Lipinski definition) is 1. The Morgan fingerprint density at radius 2 is 1.43 bits per heavy atom. The van der Waals surface area contributed by atoms with Crippen molar-refractivity contribution in [3.8, 4) is 16.9 Å². The number of carbonyl (C=O) groups excluding carboxylic acids is 3. The molecule has 1 heterocycles. The van der Waals surface area contributed by atoms with E-state index < -0.39 is 12.3 Å². The maximum absolute atomic E-state index is 14.3. The minimum atomic E-state index is -2.95. The molecule has 0 radical (unpaired) electrons. The van der Waals surface area contributed by atoms with Crippen LogP contribution in [0.5, 0.6) is 5.75 Å². The molecular weight excluding hydrogens is 747 g/mol. The van der Waals surface area contributed by atoms with Crippen molar-refractivity contribution in [3.05, 3.63) is 83.2 Å². The fourth-order valence-electron chi connectivity index (χ4n) is 6.27. The number of rotatable bonds is 31. The summed E-state index contributed by atoms with van der Waals surface area (Å²) >= 11 is 0. The van der Waals surface area contributed by atoms with Crippen molar-refractivity contribution < 1.29 is 46.8 Å². The highest BCUT2D eigenvalue weighted by atomic mass is 19.3. The van der Waals surface area contributed by atoms with Crippen molar-refractivity contribution in [2.45, 2.75) is 97.8 Å². The Kier molecular flexibility index (Phi) is 22.3. The van der Waals surface area contributed by atoms with Crippen LogP contribution in [-0.4, -0.2) is 94.4 Å². The van der Waals surface area contributed by atoms with E-state index in [1.807, 2.05) is 43.3 Å². The van der Waals surface area contributed by atoms with E-state index in [-0.39, 0.29) is 49.4 Å². The normalized spacial score (nSPS) is 12.1. The molecule has 58 heavy (non-hydrogen) atoms. The number of aromatic nitrogens is 1. The van der Waals surface area contributed by atoms with Gasteiger partial charge in [-0.3, -0.25) is 14.6 Å². The van der Waals surface area contributed by atoms with Gasteiger partial charge in [0.25, 0.3) is 0 Å². The quantitative estimate of drug-likeness (QED) is 0.0640. The Hall–Kier alpha value is -4.10. The maximum Gasteiger partial charge on any atom is 0.249 e.